The molecule has 0 spiro atoms. The van der Waals surface area contributed by atoms with Crippen molar-refractivity contribution in [3.05, 3.63) is 0 Å². The molecule has 0 saturated heterocycles. The summed E-state index contributed by atoms with van der Waals surface area (Å²) in [6, 6.07) is -0.216. The molecule has 0 aliphatic heterocycles. The summed E-state index contributed by atoms with van der Waals surface area (Å²) < 4.78 is 10.3. The molecule has 0 aromatic rings. The average molecular weight is 302 g/mol. The normalized spacial score (nSPS) is 21.2. The summed E-state index contributed by atoms with van der Waals surface area (Å²) in [4.78, 5) is 23.2. The molecule has 2 amide bonds. The van der Waals surface area contributed by atoms with Gasteiger partial charge in [-0.2, -0.15) is 0 Å². The van der Waals surface area contributed by atoms with Gasteiger partial charge in [0.05, 0.1) is 32.0 Å². The van der Waals surface area contributed by atoms with Gasteiger partial charge in [0.15, 0.2) is 0 Å². The third-order valence-corrected chi connectivity index (χ3v) is 3.29. The minimum Gasteiger partial charge on any atom is -0.391 e. The molecule has 0 bridgehead atoms. The summed E-state index contributed by atoms with van der Waals surface area (Å²) >= 11 is 0. The van der Waals surface area contributed by atoms with Gasteiger partial charge in [0.2, 0.25) is 11.8 Å². The average Bonchev–Trinajstić information content (AvgIpc) is 2.83. The molecule has 1 saturated carbocycles. The summed E-state index contributed by atoms with van der Waals surface area (Å²) in [6.45, 7) is 4.35. The number of aliphatic hydroxyl groups is 1. The van der Waals surface area contributed by atoms with E-state index in [1.54, 1.807) is 0 Å². The van der Waals surface area contributed by atoms with Crippen LogP contribution in [0.1, 0.15) is 32.6 Å². The van der Waals surface area contributed by atoms with Gasteiger partial charge in [-0.25, -0.2) is 0 Å². The number of rotatable bonds is 10. The van der Waals surface area contributed by atoms with Crippen LogP contribution in [-0.2, 0) is 19.1 Å². The molecule has 1 rings (SSSR count). The van der Waals surface area contributed by atoms with Gasteiger partial charge in [-0.1, -0.05) is 0 Å². The number of aliphatic hydroxyl groups excluding tert-OH is 1. The Kier molecular flexibility index (Phi) is 8.96. The Morgan fingerprint density at radius 3 is 2.57 bits per heavy atom. The van der Waals surface area contributed by atoms with E-state index in [0.717, 1.165) is 12.8 Å². The lowest BCUT2D eigenvalue weighted by Gasteiger charge is -2.16. The second kappa shape index (κ2) is 10.5. The summed E-state index contributed by atoms with van der Waals surface area (Å²) in [5.74, 6) is -0.691. The first kappa shape index (κ1) is 17.9. The van der Waals surface area contributed by atoms with Crippen LogP contribution in [0.5, 0.6) is 0 Å². The van der Waals surface area contributed by atoms with Crippen LogP contribution in [0.2, 0.25) is 0 Å². The second-order valence-corrected chi connectivity index (χ2v) is 5.01. The fourth-order valence-electron chi connectivity index (χ4n) is 2.20. The van der Waals surface area contributed by atoms with Crippen LogP contribution < -0.4 is 10.6 Å². The van der Waals surface area contributed by atoms with E-state index < -0.39 is 6.10 Å². The highest BCUT2D eigenvalue weighted by Crippen LogP contribution is 2.18. The molecular weight excluding hydrogens is 276 g/mol. The predicted octanol–water partition coefficient (Wildman–Crippen LogP) is -0.425. The molecule has 0 unspecified atom stereocenters. The lowest BCUT2D eigenvalue weighted by molar-refractivity contribution is -0.130. The van der Waals surface area contributed by atoms with Crippen LogP contribution >= 0.6 is 0 Å². The van der Waals surface area contributed by atoms with Gasteiger partial charge in [0.1, 0.15) is 6.42 Å². The fourth-order valence-corrected chi connectivity index (χ4v) is 2.20. The van der Waals surface area contributed by atoms with Gasteiger partial charge in [-0.3, -0.25) is 9.59 Å². The van der Waals surface area contributed by atoms with Gasteiger partial charge < -0.3 is 25.2 Å². The molecule has 7 nitrogen and oxygen atoms in total. The molecule has 1 aliphatic rings. The summed E-state index contributed by atoms with van der Waals surface area (Å²) in [7, 11) is 0. The van der Waals surface area contributed by atoms with Gasteiger partial charge in [-0.05, 0) is 26.2 Å². The number of carbonyl (C=O) groups excluding carboxylic acids is 2. The summed E-state index contributed by atoms with van der Waals surface area (Å²) in [6.07, 6.45) is 1.66. The van der Waals surface area contributed by atoms with Crippen LogP contribution in [0.3, 0.4) is 0 Å². The quantitative estimate of drug-likeness (QED) is 0.376. The van der Waals surface area contributed by atoms with E-state index in [9.17, 15) is 14.7 Å². The zero-order valence-electron chi connectivity index (χ0n) is 12.6. The van der Waals surface area contributed by atoms with E-state index in [0.29, 0.717) is 39.4 Å². The van der Waals surface area contributed by atoms with Gasteiger partial charge in [-0.15, -0.1) is 0 Å². The molecule has 1 aliphatic carbocycles. The third kappa shape index (κ3) is 7.99. The smallest absolute Gasteiger partial charge is 0.229 e. The van der Waals surface area contributed by atoms with Gasteiger partial charge in [0, 0.05) is 13.2 Å². The second-order valence-electron chi connectivity index (χ2n) is 5.01. The molecule has 0 aromatic carbocycles. The standard InChI is InChI=1S/C14H26N2O5/c1-2-20-8-9-21-7-6-15-13(18)10-14(19)16-11-4-3-5-12(11)17/h11-12,17H,2-10H2,1H3,(H,15,18)(H,16,19)/t11-,12+/m1/s1. The highest BCUT2D eigenvalue weighted by molar-refractivity contribution is 5.96. The Labute approximate surface area is 125 Å². The highest BCUT2D eigenvalue weighted by Gasteiger charge is 2.26. The molecule has 21 heavy (non-hydrogen) atoms. The molecule has 0 radical (unpaired) electrons. The van der Waals surface area contributed by atoms with E-state index in [1.165, 1.54) is 0 Å². The number of nitrogens with one attached hydrogen (secondary N) is 2. The number of hydrogen-bond donors (Lipinski definition) is 3. The first-order valence-electron chi connectivity index (χ1n) is 7.53. The molecule has 3 N–H and O–H groups in total. The zero-order valence-corrected chi connectivity index (χ0v) is 12.6. The monoisotopic (exact) mass is 302 g/mol. The molecule has 1 fully saturated rings. The Morgan fingerprint density at radius 1 is 1.14 bits per heavy atom. The van der Waals surface area contributed by atoms with Gasteiger partial charge >= 0.3 is 0 Å². The maximum Gasteiger partial charge on any atom is 0.229 e. The Morgan fingerprint density at radius 2 is 1.90 bits per heavy atom. The fraction of sp³-hybridized carbons (Fsp3) is 0.857. The topological polar surface area (TPSA) is 96.9 Å². The Balaban J connectivity index is 2.01. The Bertz CT molecular complexity index is 324. The molecule has 7 heteroatoms. The van der Waals surface area contributed by atoms with Crippen LogP contribution in [0.15, 0.2) is 0 Å². The molecule has 122 valence electrons. The number of ether oxygens (including phenoxy) is 2. The first-order valence-corrected chi connectivity index (χ1v) is 7.53. The van der Waals surface area contributed by atoms with E-state index in [2.05, 4.69) is 10.6 Å². The Hall–Kier alpha value is -1.18. The SMILES string of the molecule is CCOCCOCCNC(=O)CC(=O)N[C@@H]1CCC[C@@H]1O. The number of hydrogen-bond acceptors (Lipinski definition) is 5. The summed E-state index contributed by atoms with van der Waals surface area (Å²) in [5, 5.41) is 14.9. The van der Waals surface area contributed by atoms with Crippen molar-refractivity contribution in [2.75, 3.05) is 33.0 Å². The van der Waals surface area contributed by atoms with Crippen molar-refractivity contribution in [2.24, 2.45) is 0 Å². The van der Waals surface area contributed by atoms with Crippen LogP contribution in [0.4, 0.5) is 0 Å². The van der Waals surface area contributed by atoms with Crippen molar-refractivity contribution >= 4 is 11.8 Å². The van der Waals surface area contributed by atoms with Crippen molar-refractivity contribution in [1.29, 1.82) is 0 Å². The lowest BCUT2D eigenvalue weighted by atomic mass is 10.2. The van der Waals surface area contributed by atoms with E-state index in [4.69, 9.17) is 9.47 Å². The predicted molar refractivity (Wildman–Crippen MR) is 76.7 cm³/mol. The van der Waals surface area contributed by atoms with E-state index in [-0.39, 0.29) is 24.3 Å². The van der Waals surface area contributed by atoms with Crippen LogP contribution in [0, 0.1) is 0 Å². The van der Waals surface area contributed by atoms with Crippen molar-refractivity contribution in [2.45, 2.75) is 44.8 Å². The van der Waals surface area contributed by atoms with Crippen molar-refractivity contribution in [3.63, 3.8) is 0 Å². The zero-order chi connectivity index (χ0) is 15.5. The maximum atomic E-state index is 11.6. The molecular formula is C14H26N2O5. The van der Waals surface area contributed by atoms with E-state index in [1.807, 2.05) is 6.92 Å². The largest absolute Gasteiger partial charge is 0.391 e. The highest BCUT2D eigenvalue weighted by atomic mass is 16.5. The van der Waals surface area contributed by atoms with E-state index >= 15 is 0 Å². The van der Waals surface area contributed by atoms with Crippen molar-refractivity contribution < 1.29 is 24.2 Å². The minimum atomic E-state index is -0.490. The summed E-state index contributed by atoms with van der Waals surface area (Å²) in [5.41, 5.74) is 0. The maximum absolute atomic E-state index is 11.6. The van der Waals surface area contributed by atoms with Gasteiger partial charge in [0.25, 0.3) is 0 Å². The van der Waals surface area contributed by atoms with Crippen LogP contribution in [-0.4, -0.2) is 62.0 Å². The van der Waals surface area contributed by atoms with Crippen LogP contribution in [0.25, 0.3) is 0 Å². The van der Waals surface area contributed by atoms with Crippen molar-refractivity contribution in [3.8, 4) is 0 Å². The van der Waals surface area contributed by atoms with Crippen molar-refractivity contribution in [1.82, 2.24) is 10.6 Å². The first-order chi connectivity index (χ1) is 10.1. The number of amides is 2. The molecule has 0 aromatic heterocycles. The third-order valence-electron chi connectivity index (χ3n) is 3.29. The number of carbonyl (C=O) groups is 2. The molecule has 2 atom stereocenters. The lowest BCUT2D eigenvalue weighted by Crippen LogP contribution is -2.42. The minimum absolute atomic E-state index is 0.216. The molecule has 0 heterocycles.